The minimum atomic E-state index is -0.234. The summed E-state index contributed by atoms with van der Waals surface area (Å²) in [5.41, 5.74) is 1.31. The van der Waals surface area contributed by atoms with Gasteiger partial charge in [0.1, 0.15) is 11.5 Å². The maximum Gasteiger partial charge on any atom is 0.255 e. The van der Waals surface area contributed by atoms with Crippen molar-refractivity contribution in [3.8, 4) is 11.5 Å². The van der Waals surface area contributed by atoms with E-state index in [-0.39, 0.29) is 16.7 Å². The van der Waals surface area contributed by atoms with Crippen LogP contribution in [0.1, 0.15) is 33.6 Å². The van der Waals surface area contributed by atoms with E-state index in [1.807, 2.05) is 64.0 Å². The van der Waals surface area contributed by atoms with Gasteiger partial charge >= 0.3 is 0 Å². The Bertz CT molecular complexity index is 923. The van der Waals surface area contributed by atoms with Gasteiger partial charge in [0.2, 0.25) is 0 Å². The first kappa shape index (κ1) is 20.6. The molecule has 0 N–H and O–H groups in total. The van der Waals surface area contributed by atoms with E-state index < -0.39 is 0 Å². The molecule has 0 aliphatic carbocycles. The number of nitrogens with zero attached hydrogens (tertiary/aromatic N) is 2. The number of piperidine rings is 1. The lowest BCUT2D eigenvalue weighted by atomic mass is 10.00. The smallest absolute Gasteiger partial charge is 0.255 e. The van der Waals surface area contributed by atoms with E-state index >= 15 is 0 Å². The lowest BCUT2D eigenvalue weighted by Crippen LogP contribution is -2.53. The maximum atomic E-state index is 13.2. The average molecular weight is 427 g/mol. The van der Waals surface area contributed by atoms with E-state index in [0.717, 1.165) is 30.9 Å². The molecule has 2 aliphatic heterocycles. The monoisotopic (exact) mass is 426 g/mol. The number of hydrogen-bond acceptors (Lipinski definition) is 5. The summed E-state index contributed by atoms with van der Waals surface area (Å²) in [4.78, 5) is 29.8. The SMILES string of the molecule is COc1ccc(C(=O)N2CCSC23CCN(C(=O)c2cccc(OC)c2)CC3)cc1. The third-order valence-corrected chi connectivity index (χ3v) is 7.46. The number of likely N-dealkylation sites (tertiary alicyclic amines) is 1. The van der Waals surface area contributed by atoms with Crippen LogP contribution < -0.4 is 9.47 Å². The highest BCUT2D eigenvalue weighted by Crippen LogP contribution is 2.44. The third kappa shape index (κ3) is 3.86. The lowest BCUT2D eigenvalue weighted by Gasteiger charge is -2.44. The van der Waals surface area contributed by atoms with Crippen LogP contribution in [0, 0.1) is 0 Å². The molecule has 2 fully saturated rings. The summed E-state index contributed by atoms with van der Waals surface area (Å²) in [7, 11) is 3.21. The Hall–Kier alpha value is -2.67. The highest BCUT2D eigenvalue weighted by Gasteiger charge is 2.47. The molecule has 2 aromatic carbocycles. The zero-order chi connectivity index (χ0) is 21.1. The van der Waals surface area contributed by atoms with Crippen LogP contribution in [-0.4, -0.2) is 66.1 Å². The fourth-order valence-corrected chi connectivity index (χ4v) is 5.65. The minimum Gasteiger partial charge on any atom is -0.497 e. The number of ether oxygens (including phenoxy) is 2. The van der Waals surface area contributed by atoms with Crippen molar-refractivity contribution in [3.05, 3.63) is 59.7 Å². The maximum absolute atomic E-state index is 13.2. The van der Waals surface area contributed by atoms with E-state index in [0.29, 0.717) is 30.0 Å². The first-order chi connectivity index (χ1) is 14.6. The van der Waals surface area contributed by atoms with Crippen molar-refractivity contribution in [2.45, 2.75) is 17.7 Å². The van der Waals surface area contributed by atoms with Gasteiger partial charge < -0.3 is 19.3 Å². The Balaban J connectivity index is 1.45. The lowest BCUT2D eigenvalue weighted by molar-refractivity contribution is 0.0497. The summed E-state index contributed by atoms with van der Waals surface area (Å²) in [6, 6.07) is 14.5. The Morgan fingerprint density at radius 2 is 1.57 bits per heavy atom. The van der Waals surface area contributed by atoms with Crippen molar-refractivity contribution in [2.75, 3.05) is 39.6 Å². The van der Waals surface area contributed by atoms with Gasteiger partial charge in [-0.25, -0.2) is 0 Å². The van der Waals surface area contributed by atoms with Gasteiger partial charge in [0.05, 0.1) is 19.1 Å². The number of amides is 2. The summed E-state index contributed by atoms with van der Waals surface area (Å²) < 4.78 is 10.4. The van der Waals surface area contributed by atoms with Crippen LogP contribution in [0.4, 0.5) is 0 Å². The normalized spacial score (nSPS) is 17.8. The standard InChI is InChI=1S/C23H26N2O4S/c1-28-19-8-6-17(7-9-19)22(27)25-14-15-30-23(25)10-12-24(13-11-23)21(26)18-4-3-5-20(16-18)29-2/h3-9,16H,10-15H2,1-2H3. The van der Waals surface area contributed by atoms with Gasteiger partial charge in [-0.15, -0.1) is 11.8 Å². The molecule has 2 saturated heterocycles. The summed E-state index contributed by atoms with van der Waals surface area (Å²) in [5.74, 6) is 2.40. The number of carbonyl (C=O) groups is 2. The number of thioether (sulfide) groups is 1. The predicted molar refractivity (Wildman–Crippen MR) is 117 cm³/mol. The van der Waals surface area contributed by atoms with E-state index in [4.69, 9.17) is 9.47 Å². The Morgan fingerprint density at radius 3 is 2.23 bits per heavy atom. The van der Waals surface area contributed by atoms with Crippen LogP contribution in [-0.2, 0) is 0 Å². The van der Waals surface area contributed by atoms with E-state index in [1.165, 1.54) is 0 Å². The summed E-state index contributed by atoms with van der Waals surface area (Å²) in [6.45, 7) is 2.00. The second-order valence-electron chi connectivity index (χ2n) is 7.50. The molecule has 2 aromatic rings. The van der Waals surface area contributed by atoms with Crippen molar-refractivity contribution in [3.63, 3.8) is 0 Å². The zero-order valence-electron chi connectivity index (χ0n) is 17.3. The molecule has 4 rings (SSSR count). The van der Waals surface area contributed by atoms with Gasteiger partial charge in [-0.3, -0.25) is 9.59 Å². The van der Waals surface area contributed by atoms with Crippen LogP contribution in [0.25, 0.3) is 0 Å². The van der Waals surface area contributed by atoms with Crippen molar-refractivity contribution in [1.82, 2.24) is 9.80 Å². The molecule has 2 aliphatic rings. The predicted octanol–water partition coefficient (Wildman–Crippen LogP) is 3.53. The number of carbonyl (C=O) groups excluding carboxylic acids is 2. The van der Waals surface area contributed by atoms with E-state index in [9.17, 15) is 9.59 Å². The topological polar surface area (TPSA) is 59.1 Å². The molecule has 0 radical (unpaired) electrons. The fourth-order valence-electron chi connectivity index (χ4n) is 4.20. The van der Waals surface area contributed by atoms with Crippen LogP contribution in [0.5, 0.6) is 11.5 Å². The summed E-state index contributed by atoms with van der Waals surface area (Å²) >= 11 is 1.84. The van der Waals surface area contributed by atoms with Crippen molar-refractivity contribution < 1.29 is 19.1 Å². The highest BCUT2D eigenvalue weighted by molar-refractivity contribution is 8.00. The molecule has 1 spiro atoms. The first-order valence-corrected chi connectivity index (χ1v) is 11.1. The highest BCUT2D eigenvalue weighted by atomic mass is 32.2. The Labute approximate surface area is 181 Å². The van der Waals surface area contributed by atoms with Crippen LogP contribution in [0.15, 0.2) is 48.5 Å². The molecule has 2 heterocycles. The largest absolute Gasteiger partial charge is 0.497 e. The summed E-state index contributed by atoms with van der Waals surface area (Å²) in [6.07, 6.45) is 1.55. The van der Waals surface area contributed by atoms with E-state index in [2.05, 4.69) is 0 Å². The van der Waals surface area contributed by atoms with Gasteiger partial charge in [-0.2, -0.15) is 0 Å². The van der Waals surface area contributed by atoms with Crippen LogP contribution in [0.3, 0.4) is 0 Å². The molecule has 0 bridgehead atoms. The molecule has 0 atom stereocenters. The van der Waals surface area contributed by atoms with Gasteiger partial charge in [0, 0.05) is 36.5 Å². The Morgan fingerprint density at radius 1 is 0.867 bits per heavy atom. The minimum absolute atomic E-state index is 0.0137. The Kier molecular flexibility index (Phi) is 5.90. The van der Waals surface area contributed by atoms with Crippen molar-refractivity contribution in [1.29, 1.82) is 0 Å². The number of hydrogen-bond donors (Lipinski definition) is 0. The van der Waals surface area contributed by atoms with Crippen molar-refractivity contribution >= 4 is 23.6 Å². The molecule has 0 saturated carbocycles. The number of methoxy groups -OCH3 is 2. The molecular formula is C23H26N2O4S. The first-order valence-electron chi connectivity index (χ1n) is 10.1. The zero-order valence-corrected chi connectivity index (χ0v) is 18.1. The molecule has 0 aromatic heterocycles. The van der Waals surface area contributed by atoms with Gasteiger partial charge in [0.25, 0.3) is 11.8 Å². The molecule has 2 amide bonds. The molecule has 0 unspecified atom stereocenters. The van der Waals surface area contributed by atoms with E-state index in [1.54, 1.807) is 20.3 Å². The van der Waals surface area contributed by atoms with Gasteiger partial charge in [-0.1, -0.05) is 6.07 Å². The fraction of sp³-hybridized carbons (Fsp3) is 0.391. The quantitative estimate of drug-likeness (QED) is 0.749. The van der Waals surface area contributed by atoms with Gasteiger partial charge in [0.15, 0.2) is 0 Å². The second-order valence-corrected chi connectivity index (χ2v) is 8.96. The molecule has 158 valence electrons. The molecule has 6 nitrogen and oxygen atoms in total. The number of benzene rings is 2. The molecular weight excluding hydrogens is 400 g/mol. The van der Waals surface area contributed by atoms with Crippen LogP contribution >= 0.6 is 11.8 Å². The number of rotatable bonds is 4. The third-order valence-electron chi connectivity index (χ3n) is 5.91. The molecule has 7 heteroatoms. The summed E-state index contributed by atoms with van der Waals surface area (Å²) in [5, 5.41) is 0. The van der Waals surface area contributed by atoms with Gasteiger partial charge in [-0.05, 0) is 55.3 Å². The second kappa shape index (κ2) is 8.60. The van der Waals surface area contributed by atoms with Crippen molar-refractivity contribution in [2.24, 2.45) is 0 Å². The average Bonchev–Trinajstić information content (AvgIpc) is 3.21. The van der Waals surface area contributed by atoms with Crippen LogP contribution in [0.2, 0.25) is 0 Å². The molecule has 30 heavy (non-hydrogen) atoms.